The highest BCUT2D eigenvalue weighted by Gasteiger charge is 2.37. The van der Waals surface area contributed by atoms with E-state index >= 15 is 4.39 Å². The van der Waals surface area contributed by atoms with Crippen LogP contribution < -0.4 is 26.4 Å². The van der Waals surface area contributed by atoms with Crippen LogP contribution in [0.2, 0.25) is 0 Å². The zero-order valence-corrected chi connectivity index (χ0v) is 21.3. The Morgan fingerprint density at radius 3 is 2.51 bits per heavy atom. The number of nitrogens with one attached hydrogen (secondary N) is 1. The number of nitrogens with zero attached hydrogens (tertiary/aromatic N) is 2. The number of carbonyl (C=O) groups excluding carboxylic acids is 3. The Balaban J connectivity index is 2.22. The lowest BCUT2D eigenvalue weighted by Gasteiger charge is -2.31. The van der Waals surface area contributed by atoms with E-state index < -0.39 is 29.6 Å². The molecule has 0 unspecified atom stereocenters. The molecule has 0 saturated carbocycles. The summed E-state index contributed by atoms with van der Waals surface area (Å²) in [5.41, 5.74) is 10.8. The summed E-state index contributed by atoms with van der Waals surface area (Å²) in [6, 6.07) is 8.13. The van der Waals surface area contributed by atoms with E-state index in [4.69, 9.17) is 16.2 Å². The van der Waals surface area contributed by atoms with Crippen molar-refractivity contribution >= 4 is 40.6 Å². The number of phenolic OH excluding ortho intramolecular Hbond substituents is 1. The van der Waals surface area contributed by atoms with Crippen LogP contribution in [-0.4, -0.2) is 40.9 Å². The molecule has 3 aromatic rings. The number of nitrogens with two attached hydrogens (primary N) is 2. The van der Waals surface area contributed by atoms with Gasteiger partial charge in [-0.15, -0.1) is 0 Å². The SMILES string of the molecule is COc1cc([C@@H](C(=O)NCCC(C)C)N(C(=O)c2snc(C(N)=O)c2N)c2ccccc2F)ccc1O. The number of methoxy groups -OCH3 is 1. The predicted octanol–water partition coefficient (Wildman–Crippen LogP) is 3.23. The third-order valence-corrected chi connectivity index (χ3v) is 6.38. The molecule has 12 heteroatoms. The van der Waals surface area contributed by atoms with Crippen molar-refractivity contribution in [3.63, 3.8) is 0 Å². The molecule has 0 spiro atoms. The van der Waals surface area contributed by atoms with Gasteiger partial charge in [0.05, 0.1) is 18.5 Å². The van der Waals surface area contributed by atoms with Gasteiger partial charge in [0.2, 0.25) is 5.91 Å². The molecule has 0 aliphatic carbocycles. The summed E-state index contributed by atoms with van der Waals surface area (Å²) in [6.45, 7) is 4.29. The fraction of sp³-hybridized carbons (Fsp3) is 0.280. The van der Waals surface area contributed by atoms with Crippen LogP contribution >= 0.6 is 11.5 Å². The number of rotatable bonds is 10. The molecule has 1 aromatic heterocycles. The Kier molecular flexibility index (Phi) is 8.66. The van der Waals surface area contributed by atoms with Gasteiger partial charge in [0, 0.05) is 6.54 Å². The average molecular weight is 530 g/mol. The largest absolute Gasteiger partial charge is 0.504 e. The van der Waals surface area contributed by atoms with Crippen molar-refractivity contribution in [2.24, 2.45) is 11.7 Å². The molecular formula is C25H28FN5O5S. The summed E-state index contributed by atoms with van der Waals surface area (Å²) in [4.78, 5) is 40.0. The number of aromatic hydroxyl groups is 1. The molecule has 0 aliphatic heterocycles. The number of primary amides is 1. The zero-order chi connectivity index (χ0) is 27.3. The van der Waals surface area contributed by atoms with Gasteiger partial charge in [0.25, 0.3) is 11.8 Å². The van der Waals surface area contributed by atoms with Crippen molar-refractivity contribution in [2.45, 2.75) is 26.3 Å². The highest BCUT2D eigenvalue weighted by atomic mass is 32.1. The summed E-state index contributed by atoms with van der Waals surface area (Å²) in [7, 11) is 1.33. The third-order valence-electron chi connectivity index (χ3n) is 5.53. The molecule has 6 N–H and O–H groups in total. The first-order valence-corrected chi connectivity index (χ1v) is 12.1. The maximum Gasteiger partial charge on any atom is 0.273 e. The smallest absolute Gasteiger partial charge is 0.273 e. The highest BCUT2D eigenvalue weighted by molar-refractivity contribution is 7.09. The van der Waals surface area contributed by atoms with Crippen molar-refractivity contribution in [1.82, 2.24) is 9.69 Å². The number of amides is 3. The first kappa shape index (κ1) is 27.4. The van der Waals surface area contributed by atoms with Gasteiger partial charge in [-0.05, 0) is 53.7 Å². The Morgan fingerprint density at radius 2 is 1.92 bits per heavy atom. The van der Waals surface area contributed by atoms with E-state index in [1.807, 2.05) is 13.8 Å². The number of anilines is 2. The Bertz CT molecular complexity index is 1310. The van der Waals surface area contributed by atoms with E-state index in [2.05, 4.69) is 9.69 Å². The van der Waals surface area contributed by atoms with Gasteiger partial charge in [0.15, 0.2) is 17.2 Å². The summed E-state index contributed by atoms with van der Waals surface area (Å²) < 4.78 is 24.2. The number of ether oxygens (including phenoxy) is 1. The minimum absolute atomic E-state index is 0.0479. The molecule has 0 fully saturated rings. The van der Waals surface area contributed by atoms with Gasteiger partial charge >= 0.3 is 0 Å². The van der Waals surface area contributed by atoms with Gasteiger partial charge in [-0.1, -0.05) is 32.0 Å². The Hall–Kier alpha value is -4.19. The normalized spacial score (nSPS) is 11.7. The lowest BCUT2D eigenvalue weighted by Crippen LogP contribution is -2.44. The fourth-order valence-corrected chi connectivity index (χ4v) is 4.36. The zero-order valence-electron chi connectivity index (χ0n) is 20.5. The van der Waals surface area contributed by atoms with Crippen LogP contribution in [0.15, 0.2) is 42.5 Å². The van der Waals surface area contributed by atoms with Crippen LogP contribution in [-0.2, 0) is 4.79 Å². The number of carbonyl (C=O) groups is 3. The lowest BCUT2D eigenvalue weighted by atomic mass is 10.0. The molecular weight excluding hydrogens is 501 g/mol. The standard InChI is InChI=1S/C25H28FN5O5S/c1-13(2)10-11-29-24(34)21(14-8-9-17(32)18(12-14)36-3)31(16-7-5-4-6-15(16)26)25(35)22-19(27)20(23(28)33)30-37-22/h4-9,12-13,21,32H,10-11,27H2,1-3H3,(H2,28,33)(H,29,34)/t21-/m0/s1. The van der Waals surface area contributed by atoms with Crippen LogP contribution in [0.1, 0.15) is 52.0 Å². The van der Waals surface area contributed by atoms with Crippen molar-refractivity contribution in [1.29, 1.82) is 0 Å². The molecule has 0 bridgehead atoms. The number of aromatic nitrogens is 1. The maximum absolute atomic E-state index is 15.1. The molecule has 2 aromatic carbocycles. The van der Waals surface area contributed by atoms with Crippen LogP contribution in [0.25, 0.3) is 0 Å². The molecule has 3 amide bonds. The Labute approximate surface area is 217 Å². The summed E-state index contributed by atoms with van der Waals surface area (Å²) >= 11 is 0.612. The number of hydrogen-bond donors (Lipinski definition) is 4. The van der Waals surface area contributed by atoms with Gasteiger partial charge in [-0.3, -0.25) is 19.3 Å². The van der Waals surface area contributed by atoms with E-state index in [1.165, 1.54) is 43.5 Å². The molecule has 0 saturated heterocycles. The topological polar surface area (TPSA) is 161 Å². The van der Waals surface area contributed by atoms with E-state index in [0.29, 0.717) is 30.4 Å². The Morgan fingerprint density at radius 1 is 1.22 bits per heavy atom. The van der Waals surface area contributed by atoms with E-state index in [1.54, 1.807) is 0 Å². The van der Waals surface area contributed by atoms with Gasteiger partial charge in [-0.25, -0.2) is 4.39 Å². The second-order valence-electron chi connectivity index (χ2n) is 8.57. The van der Waals surface area contributed by atoms with Crippen LogP contribution in [0.4, 0.5) is 15.8 Å². The van der Waals surface area contributed by atoms with Gasteiger partial charge < -0.3 is 26.6 Å². The number of benzene rings is 2. The van der Waals surface area contributed by atoms with Crippen LogP contribution in [0.3, 0.4) is 0 Å². The maximum atomic E-state index is 15.1. The van der Waals surface area contributed by atoms with Crippen molar-refractivity contribution in [3.05, 3.63) is 64.4 Å². The van der Waals surface area contributed by atoms with E-state index in [-0.39, 0.29) is 39.0 Å². The average Bonchev–Trinajstić information content (AvgIpc) is 3.24. The third kappa shape index (κ3) is 5.97. The van der Waals surface area contributed by atoms with E-state index in [0.717, 1.165) is 11.0 Å². The number of halogens is 1. The second kappa shape index (κ2) is 11.7. The lowest BCUT2D eigenvalue weighted by molar-refractivity contribution is -0.122. The van der Waals surface area contributed by atoms with Gasteiger partial charge in [-0.2, -0.15) is 4.37 Å². The minimum atomic E-state index is -1.41. The number of nitrogen functional groups attached to an aromatic ring is 1. The second-order valence-corrected chi connectivity index (χ2v) is 9.35. The number of hydrogen-bond acceptors (Lipinski definition) is 8. The van der Waals surface area contributed by atoms with Crippen molar-refractivity contribution in [2.75, 3.05) is 24.3 Å². The monoisotopic (exact) mass is 529 g/mol. The summed E-state index contributed by atoms with van der Waals surface area (Å²) in [6.07, 6.45) is 0.661. The predicted molar refractivity (Wildman–Crippen MR) is 138 cm³/mol. The van der Waals surface area contributed by atoms with E-state index in [9.17, 15) is 19.5 Å². The van der Waals surface area contributed by atoms with Crippen LogP contribution in [0.5, 0.6) is 11.5 Å². The summed E-state index contributed by atoms with van der Waals surface area (Å²) in [5.74, 6) is -3.04. The molecule has 1 atom stereocenters. The van der Waals surface area contributed by atoms with Gasteiger partial charge in [0.1, 0.15) is 16.7 Å². The molecule has 3 rings (SSSR count). The number of para-hydroxylation sites is 1. The molecule has 0 radical (unpaired) electrons. The number of phenols is 1. The molecule has 37 heavy (non-hydrogen) atoms. The molecule has 0 aliphatic rings. The molecule has 10 nitrogen and oxygen atoms in total. The molecule has 196 valence electrons. The quantitative estimate of drug-likeness (QED) is 0.313. The first-order valence-electron chi connectivity index (χ1n) is 11.3. The minimum Gasteiger partial charge on any atom is -0.504 e. The first-order chi connectivity index (χ1) is 17.6. The highest BCUT2D eigenvalue weighted by Crippen LogP contribution is 2.37. The summed E-state index contributed by atoms with van der Waals surface area (Å²) in [5, 5.41) is 12.9. The fourth-order valence-electron chi connectivity index (χ4n) is 3.61. The van der Waals surface area contributed by atoms with Crippen LogP contribution in [0, 0.1) is 11.7 Å². The molecule has 1 heterocycles. The van der Waals surface area contributed by atoms with Crippen molar-refractivity contribution in [3.8, 4) is 11.5 Å². The van der Waals surface area contributed by atoms with Crippen molar-refractivity contribution < 1.29 is 28.6 Å².